The highest BCUT2D eigenvalue weighted by molar-refractivity contribution is 5.85. The number of carbonyl (C=O) groups is 1. The van der Waals surface area contributed by atoms with Gasteiger partial charge in [-0.2, -0.15) is 0 Å². The van der Waals surface area contributed by atoms with E-state index in [1.807, 2.05) is 20.9 Å². The highest BCUT2D eigenvalue weighted by Gasteiger charge is 2.24. The van der Waals surface area contributed by atoms with Crippen LogP contribution >= 0.6 is 12.4 Å². The average Bonchev–Trinajstić information content (AvgIpc) is 2.28. The summed E-state index contributed by atoms with van der Waals surface area (Å²) in [6, 6.07) is -0.395. The number of hydrogen-bond donors (Lipinski definition) is 1. The number of ether oxygens (including phenoxy) is 1. The van der Waals surface area contributed by atoms with E-state index < -0.39 is 6.04 Å². The van der Waals surface area contributed by atoms with E-state index in [1.54, 1.807) is 4.90 Å². The van der Waals surface area contributed by atoms with E-state index >= 15 is 0 Å². The Labute approximate surface area is 110 Å². The van der Waals surface area contributed by atoms with Crippen LogP contribution in [0, 0.1) is 5.92 Å². The van der Waals surface area contributed by atoms with Crippen LogP contribution in [0.15, 0.2) is 0 Å². The second-order valence-electron chi connectivity index (χ2n) is 4.98. The zero-order chi connectivity index (χ0) is 12.1. The molecule has 0 spiro atoms. The molecule has 1 rings (SSSR count). The van der Waals surface area contributed by atoms with E-state index in [9.17, 15) is 4.79 Å². The third-order valence-electron chi connectivity index (χ3n) is 3.13. The van der Waals surface area contributed by atoms with Crippen LogP contribution in [-0.4, -0.2) is 43.2 Å². The number of carbonyl (C=O) groups excluding carboxylic acids is 1. The zero-order valence-electron chi connectivity index (χ0n) is 11.0. The first-order chi connectivity index (χ1) is 7.52. The summed E-state index contributed by atoms with van der Waals surface area (Å²) in [4.78, 5) is 13.6. The maximum Gasteiger partial charge on any atom is 0.239 e. The topological polar surface area (TPSA) is 55.6 Å². The Bertz CT molecular complexity index is 231. The lowest BCUT2D eigenvalue weighted by Crippen LogP contribution is -2.47. The molecule has 0 aromatic rings. The number of rotatable bonds is 4. The van der Waals surface area contributed by atoms with Crippen LogP contribution in [0.2, 0.25) is 0 Å². The van der Waals surface area contributed by atoms with Crippen LogP contribution in [0.1, 0.15) is 33.1 Å². The van der Waals surface area contributed by atoms with E-state index in [2.05, 4.69) is 0 Å². The molecule has 1 amide bonds. The average molecular weight is 265 g/mol. The summed E-state index contributed by atoms with van der Waals surface area (Å²) in [5.74, 6) is 0.200. The molecular formula is C12H25ClN2O2. The van der Waals surface area contributed by atoms with Crippen molar-refractivity contribution in [3.8, 4) is 0 Å². The number of nitrogens with zero attached hydrogens (tertiary/aromatic N) is 1. The van der Waals surface area contributed by atoms with E-state index in [1.165, 1.54) is 6.42 Å². The van der Waals surface area contributed by atoms with E-state index in [4.69, 9.17) is 10.5 Å². The Morgan fingerprint density at radius 1 is 1.47 bits per heavy atom. The van der Waals surface area contributed by atoms with Crippen LogP contribution in [-0.2, 0) is 9.53 Å². The largest absolute Gasteiger partial charge is 0.376 e. The molecule has 0 bridgehead atoms. The first kappa shape index (κ1) is 16.7. The van der Waals surface area contributed by atoms with Gasteiger partial charge in [-0.05, 0) is 25.2 Å². The van der Waals surface area contributed by atoms with Crippen molar-refractivity contribution in [2.75, 3.05) is 20.2 Å². The van der Waals surface area contributed by atoms with Crippen molar-refractivity contribution in [2.24, 2.45) is 11.7 Å². The van der Waals surface area contributed by atoms with Gasteiger partial charge in [0.05, 0.1) is 12.1 Å². The van der Waals surface area contributed by atoms with Crippen LogP contribution in [0.4, 0.5) is 0 Å². The number of nitrogens with two attached hydrogens (primary N) is 1. The Morgan fingerprint density at radius 3 is 2.59 bits per heavy atom. The lowest BCUT2D eigenvalue weighted by Gasteiger charge is -2.29. The minimum Gasteiger partial charge on any atom is -0.376 e. The van der Waals surface area contributed by atoms with Crippen molar-refractivity contribution >= 4 is 18.3 Å². The van der Waals surface area contributed by atoms with Gasteiger partial charge < -0.3 is 15.4 Å². The van der Waals surface area contributed by atoms with Gasteiger partial charge in [0.2, 0.25) is 5.91 Å². The van der Waals surface area contributed by atoms with Gasteiger partial charge in [0.15, 0.2) is 0 Å². The van der Waals surface area contributed by atoms with Gasteiger partial charge in [0.1, 0.15) is 0 Å². The monoisotopic (exact) mass is 264 g/mol. The maximum atomic E-state index is 11.9. The van der Waals surface area contributed by atoms with Gasteiger partial charge in [0.25, 0.3) is 0 Å². The molecule has 2 atom stereocenters. The first-order valence-electron chi connectivity index (χ1n) is 6.14. The third-order valence-corrected chi connectivity index (χ3v) is 3.13. The summed E-state index contributed by atoms with van der Waals surface area (Å²) in [7, 11) is 1.81. The molecule has 0 aromatic heterocycles. The lowest BCUT2D eigenvalue weighted by molar-refractivity contribution is -0.134. The number of halogens is 1. The summed E-state index contributed by atoms with van der Waals surface area (Å²) in [5, 5.41) is 0. The fourth-order valence-corrected chi connectivity index (χ4v) is 1.89. The fraction of sp³-hybridized carbons (Fsp3) is 0.917. The molecule has 0 radical (unpaired) electrons. The molecule has 2 N–H and O–H groups in total. The second kappa shape index (κ2) is 7.90. The summed E-state index contributed by atoms with van der Waals surface area (Å²) in [6.07, 6.45) is 3.58. The van der Waals surface area contributed by atoms with E-state index in [-0.39, 0.29) is 30.3 Å². The SMILES string of the molecule is CC(C)[C@H](N)C(=O)N(C)CC1CCCCO1.Cl. The van der Waals surface area contributed by atoms with Crippen molar-refractivity contribution in [1.82, 2.24) is 4.90 Å². The Balaban J connectivity index is 0.00000256. The van der Waals surface area contributed by atoms with Gasteiger partial charge in [-0.25, -0.2) is 0 Å². The first-order valence-corrected chi connectivity index (χ1v) is 6.14. The van der Waals surface area contributed by atoms with Crippen LogP contribution < -0.4 is 5.73 Å². The minimum atomic E-state index is -0.395. The predicted octanol–water partition coefficient (Wildman–Crippen LogP) is 1.42. The third kappa shape index (κ3) is 5.23. The molecule has 4 nitrogen and oxygen atoms in total. The second-order valence-corrected chi connectivity index (χ2v) is 4.98. The molecule has 102 valence electrons. The highest BCUT2D eigenvalue weighted by atomic mass is 35.5. The summed E-state index contributed by atoms with van der Waals surface area (Å²) >= 11 is 0. The van der Waals surface area contributed by atoms with Crippen LogP contribution in [0.3, 0.4) is 0 Å². The van der Waals surface area contributed by atoms with Crippen molar-refractivity contribution in [2.45, 2.75) is 45.3 Å². The normalized spacial score (nSPS) is 21.8. The molecule has 5 heteroatoms. The molecule has 1 heterocycles. The smallest absolute Gasteiger partial charge is 0.239 e. The van der Waals surface area contributed by atoms with E-state index in [0.717, 1.165) is 19.4 Å². The van der Waals surface area contributed by atoms with Crippen molar-refractivity contribution < 1.29 is 9.53 Å². The number of hydrogen-bond acceptors (Lipinski definition) is 3. The molecule has 1 aliphatic rings. The van der Waals surface area contributed by atoms with Gasteiger partial charge in [-0.1, -0.05) is 13.8 Å². The van der Waals surface area contributed by atoms with Gasteiger partial charge in [-0.3, -0.25) is 4.79 Å². The maximum absolute atomic E-state index is 11.9. The van der Waals surface area contributed by atoms with Gasteiger partial charge in [-0.15, -0.1) is 12.4 Å². The van der Waals surface area contributed by atoms with Crippen molar-refractivity contribution in [3.05, 3.63) is 0 Å². The molecule has 1 aliphatic heterocycles. The molecule has 1 fully saturated rings. The molecule has 0 aliphatic carbocycles. The molecular weight excluding hydrogens is 240 g/mol. The summed E-state index contributed by atoms with van der Waals surface area (Å²) < 4.78 is 5.60. The fourth-order valence-electron chi connectivity index (χ4n) is 1.89. The standard InChI is InChI=1S/C12H24N2O2.ClH/c1-9(2)11(13)12(15)14(3)8-10-6-4-5-7-16-10;/h9-11H,4-8,13H2,1-3H3;1H/t10?,11-;/m0./s1. The lowest BCUT2D eigenvalue weighted by atomic mass is 10.0. The van der Waals surface area contributed by atoms with E-state index in [0.29, 0.717) is 6.54 Å². The molecule has 1 saturated heterocycles. The molecule has 1 unspecified atom stereocenters. The van der Waals surface area contributed by atoms with Gasteiger partial charge in [0, 0.05) is 20.2 Å². The van der Waals surface area contributed by atoms with Crippen molar-refractivity contribution in [1.29, 1.82) is 0 Å². The summed E-state index contributed by atoms with van der Waals surface area (Å²) in [5.41, 5.74) is 5.83. The highest BCUT2D eigenvalue weighted by Crippen LogP contribution is 2.14. The number of likely N-dealkylation sites (N-methyl/N-ethyl adjacent to an activating group) is 1. The Hall–Kier alpha value is -0.320. The molecule has 0 aromatic carbocycles. The Morgan fingerprint density at radius 2 is 2.12 bits per heavy atom. The molecule has 0 saturated carbocycles. The minimum absolute atomic E-state index is 0. The molecule has 17 heavy (non-hydrogen) atoms. The zero-order valence-corrected chi connectivity index (χ0v) is 11.8. The van der Waals surface area contributed by atoms with Crippen LogP contribution in [0.25, 0.3) is 0 Å². The quantitative estimate of drug-likeness (QED) is 0.836. The Kier molecular flexibility index (Phi) is 7.75. The van der Waals surface area contributed by atoms with Crippen LogP contribution in [0.5, 0.6) is 0 Å². The van der Waals surface area contributed by atoms with Gasteiger partial charge >= 0.3 is 0 Å². The predicted molar refractivity (Wildman–Crippen MR) is 71.3 cm³/mol. The van der Waals surface area contributed by atoms with Crippen molar-refractivity contribution in [3.63, 3.8) is 0 Å². The number of amides is 1. The summed E-state index contributed by atoms with van der Waals surface area (Å²) in [6.45, 7) is 5.42.